The number of carbonyl (C=O) groups is 2. The Balaban J connectivity index is 1.74. The van der Waals surface area contributed by atoms with Crippen LogP contribution in [0.4, 0.5) is 16.2 Å². The summed E-state index contributed by atoms with van der Waals surface area (Å²) in [5.41, 5.74) is 7.86. The second kappa shape index (κ2) is 7.35. The molecule has 3 aromatic rings. The molecule has 0 radical (unpaired) electrons. The fourth-order valence-electron chi connectivity index (χ4n) is 2.55. The number of benzene rings is 2. The Bertz CT molecular complexity index is 887. The van der Waals surface area contributed by atoms with E-state index in [1.807, 2.05) is 47.2 Å². The molecule has 1 heterocycles. The van der Waals surface area contributed by atoms with Gasteiger partial charge >= 0.3 is 6.03 Å². The maximum Gasteiger partial charge on any atom is 0.316 e. The van der Waals surface area contributed by atoms with E-state index in [9.17, 15) is 9.59 Å². The third kappa shape index (κ3) is 4.26. The Hall–Kier alpha value is -3.54. The van der Waals surface area contributed by atoms with E-state index in [0.29, 0.717) is 23.6 Å². The zero-order valence-corrected chi connectivity index (χ0v) is 13.5. The van der Waals surface area contributed by atoms with E-state index < -0.39 is 6.03 Å². The van der Waals surface area contributed by atoms with Crippen LogP contribution in [0.15, 0.2) is 72.9 Å². The van der Waals surface area contributed by atoms with Crippen LogP contribution in [0.3, 0.4) is 0 Å². The van der Waals surface area contributed by atoms with Gasteiger partial charge < -0.3 is 20.9 Å². The van der Waals surface area contributed by atoms with E-state index in [2.05, 4.69) is 10.6 Å². The van der Waals surface area contributed by atoms with Gasteiger partial charge in [-0.1, -0.05) is 36.4 Å². The number of nitrogens with zero attached hydrogens (tertiary/aromatic N) is 1. The number of primary amides is 1. The molecule has 3 rings (SSSR count). The van der Waals surface area contributed by atoms with Crippen LogP contribution >= 0.6 is 0 Å². The summed E-state index contributed by atoms with van der Waals surface area (Å²) >= 11 is 0. The molecule has 0 bridgehead atoms. The monoisotopic (exact) mass is 334 g/mol. The van der Waals surface area contributed by atoms with Gasteiger partial charge in [-0.15, -0.1) is 0 Å². The summed E-state index contributed by atoms with van der Waals surface area (Å²) in [6.45, 7) is 0.611. The highest BCUT2D eigenvalue weighted by atomic mass is 16.2. The van der Waals surface area contributed by atoms with Gasteiger partial charge in [0, 0.05) is 24.1 Å². The molecule has 0 fully saturated rings. The number of amides is 3. The smallest absolute Gasteiger partial charge is 0.316 e. The molecule has 0 saturated heterocycles. The number of hydrogen-bond acceptors (Lipinski definition) is 2. The molecule has 0 saturated carbocycles. The van der Waals surface area contributed by atoms with Crippen LogP contribution in [-0.4, -0.2) is 16.5 Å². The molecule has 0 atom stereocenters. The standard InChI is InChI=1S/C19H18N4O2/c20-19(25)22-16-9-4-8-15(12-16)21-18(24)17-10-5-11-23(17)13-14-6-2-1-3-7-14/h1-12H,13H2,(H,21,24)(H3,20,22,25). The lowest BCUT2D eigenvalue weighted by atomic mass is 10.2. The molecule has 25 heavy (non-hydrogen) atoms. The van der Waals surface area contributed by atoms with Gasteiger partial charge in [-0.3, -0.25) is 4.79 Å². The molecular weight excluding hydrogens is 316 g/mol. The van der Waals surface area contributed by atoms with E-state index in [-0.39, 0.29) is 5.91 Å². The number of anilines is 2. The van der Waals surface area contributed by atoms with Gasteiger partial charge in [-0.05, 0) is 35.9 Å². The first-order valence-corrected chi connectivity index (χ1v) is 7.79. The lowest BCUT2D eigenvalue weighted by molar-refractivity contribution is 0.101. The molecule has 0 aliphatic carbocycles. The summed E-state index contributed by atoms with van der Waals surface area (Å²) in [5.74, 6) is -0.225. The molecule has 126 valence electrons. The average Bonchev–Trinajstić information content (AvgIpc) is 3.04. The Labute approximate surface area is 145 Å². The predicted octanol–water partition coefficient (Wildman–Crippen LogP) is 3.28. The molecule has 6 nitrogen and oxygen atoms in total. The number of rotatable bonds is 5. The fraction of sp³-hybridized carbons (Fsp3) is 0.0526. The summed E-state index contributed by atoms with van der Waals surface area (Å²) in [4.78, 5) is 23.5. The molecule has 3 amide bonds. The summed E-state index contributed by atoms with van der Waals surface area (Å²) in [7, 11) is 0. The first-order valence-electron chi connectivity index (χ1n) is 7.79. The second-order valence-corrected chi connectivity index (χ2v) is 5.53. The van der Waals surface area contributed by atoms with Gasteiger partial charge in [0.25, 0.3) is 5.91 Å². The zero-order valence-electron chi connectivity index (χ0n) is 13.5. The van der Waals surface area contributed by atoms with E-state index in [4.69, 9.17) is 5.73 Å². The lowest BCUT2D eigenvalue weighted by Crippen LogP contribution is -2.20. The van der Waals surface area contributed by atoms with E-state index >= 15 is 0 Å². The van der Waals surface area contributed by atoms with Crippen LogP contribution in [0.25, 0.3) is 0 Å². The van der Waals surface area contributed by atoms with E-state index in [0.717, 1.165) is 5.56 Å². The van der Waals surface area contributed by atoms with Crippen LogP contribution in [0.2, 0.25) is 0 Å². The number of carbonyl (C=O) groups excluding carboxylic acids is 2. The van der Waals surface area contributed by atoms with Crippen LogP contribution in [-0.2, 0) is 6.54 Å². The van der Waals surface area contributed by atoms with Gasteiger partial charge in [0.05, 0.1) is 0 Å². The summed E-state index contributed by atoms with van der Waals surface area (Å²) in [6.07, 6.45) is 1.87. The minimum Gasteiger partial charge on any atom is -0.351 e. The van der Waals surface area contributed by atoms with Gasteiger partial charge in [0.1, 0.15) is 5.69 Å². The van der Waals surface area contributed by atoms with Crippen molar-refractivity contribution in [3.05, 3.63) is 84.2 Å². The minimum atomic E-state index is -0.653. The van der Waals surface area contributed by atoms with Gasteiger partial charge in [-0.2, -0.15) is 0 Å². The summed E-state index contributed by atoms with van der Waals surface area (Å²) < 4.78 is 1.89. The minimum absolute atomic E-state index is 0.225. The van der Waals surface area contributed by atoms with Crippen LogP contribution < -0.4 is 16.4 Å². The predicted molar refractivity (Wildman–Crippen MR) is 97.6 cm³/mol. The molecule has 1 aromatic heterocycles. The largest absolute Gasteiger partial charge is 0.351 e. The van der Waals surface area contributed by atoms with Crippen molar-refractivity contribution in [2.45, 2.75) is 6.54 Å². The highest BCUT2D eigenvalue weighted by molar-refractivity contribution is 6.03. The normalized spacial score (nSPS) is 10.2. The van der Waals surface area contributed by atoms with Crippen molar-refractivity contribution in [3.8, 4) is 0 Å². The number of aromatic nitrogens is 1. The quantitative estimate of drug-likeness (QED) is 0.668. The number of nitrogens with two attached hydrogens (primary N) is 1. The highest BCUT2D eigenvalue weighted by Crippen LogP contribution is 2.16. The zero-order chi connectivity index (χ0) is 17.6. The highest BCUT2D eigenvalue weighted by Gasteiger charge is 2.11. The Morgan fingerprint density at radius 2 is 1.60 bits per heavy atom. The Kier molecular flexibility index (Phi) is 4.80. The first-order chi connectivity index (χ1) is 12.1. The van der Waals surface area contributed by atoms with Gasteiger partial charge in [-0.25, -0.2) is 4.79 Å². The molecule has 2 aromatic carbocycles. The maximum absolute atomic E-state index is 12.6. The van der Waals surface area contributed by atoms with Crippen molar-refractivity contribution in [2.24, 2.45) is 5.73 Å². The van der Waals surface area contributed by atoms with Crippen molar-refractivity contribution in [2.75, 3.05) is 10.6 Å². The fourth-order valence-corrected chi connectivity index (χ4v) is 2.55. The van der Waals surface area contributed by atoms with Crippen molar-refractivity contribution in [1.29, 1.82) is 0 Å². The topological polar surface area (TPSA) is 89.2 Å². The van der Waals surface area contributed by atoms with Gasteiger partial charge in [0.15, 0.2) is 0 Å². The lowest BCUT2D eigenvalue weighted by Gasteiger charge is -2.11. The van der Waals surface area contributed by atoms with Crippen LogP contribution in [0, 0.1) is 0 Å². The van der Waals surface area contributed by atoms with Crippen molar-refractivity contribution >= 4 is 23.3 Å². The van der Waals surface area contributed by atoms with Gasteiger partial charge in [0.2, 0.25) is 0 Å². The molecule has 6 heteroatoms. The molecule has 4 N–H and O–H groups in total. The van der Waals surface area contributed by atoms with Crippen LogP contribution in [0.1, 0.15) is 16.1 Å². The molecule has 0 spiro atoms. The van der Waals surface area contributed by atoms with E-state index in [1.54, 1.807) is 30.3 Å². The summed E-state index contributed by atoms with van der Waals surface area (Å²) in [5, 5.41) is 5.31. The third-order valence-electron chi connectivity index (χ3n) is 3.65. The SMILES string of the molecule is NC(=O)Nc1cccc(NC(=O)c2cccn2Cc2ccccc2)c1. The number of urea groups is 1. The Morgan fingerprint density at radius 1 is 0.880 bits per heavy atom. The number of nitrogens with one attached hydrogen (secondary N) is 2. The third-order valence-corrected chi connectivity index (χ3v) is 3.65. The molecular formula is C19H18N4O2. The van der Waals surface area contributed by atoms with Crippen molar-refractivity contribution < 1.29 is 9.59 Å². The molecule has 0 aliphatic heterocycles. The maximum atomic E-state index is 12.6. The van der Waals surface area contributed by atoms with E-state index in [1.165, 1.54) is 0 Å². The first kappa shape index (κ1) is 16.3. The number of hydrogen-bond donors (Lipinski definition) is 3. The van der Waals surface area contributed by atoms with Crippen LogP contribution in [0.5, 0.6) is 0 Å². The second-order valence-electron chi connectivity index (χ2n) is 5.53. The summed E-state index contributed by atoms with van der Waals surface area (Å²) in [6, 6.07) is 19.7. The Morgan fingerprint density at radius 3 is 2.32 bits per heavy atom. The van der Waals surface area contributed by atoms with Crippen molar-refractivity contribution in [1.82, 2.24) is 4.57 Å². The molecule has 0 aliphatic rings. The average molecular weight is 334 g/mol. The van der Waals surface area contributed by atoms with Crippen molar-refractivity contribution in [3.63, 3.8) is 0 Å². The molecule has 0 unspecified atom stereocenters.